The van der Waals surface area contributed by atoms with Crippen LogP contribution in [0.1, 0.15) is 34.5 Å². The van der Waals surface area contributed by atoms with Crippen molar-refractivity contribution >= 4 is 34.4 Å². The molecule has 0 aliphatic carbocycles. The van der Waals surface area contributed by atoms with Gasteiger partial charge in [0, 0.05) is 21.6 Å². The highest BCUT2D eigenvalue weighted by atomic mass is 32.1. The van der Waals surface area contributed by atoms with Gasteiger partial charge in [-0.3, -0.25) is 4.98 Å². The molecule has 4 rings (SSSR count). The van der Waals surface area contributed by atoms with Gasteiger partial charge in [-0.15, -0.1) is 11.3 Å². The molecule has 1 aliphatic rings. The maximum absolute atomic E-state index is 5.73. The molecule has 0 saturated carbocycles. The lowest BCUT2D eigenvalue weighted by Gasteiger charge is -2.27. The van der Waals surface area contributed by atoms with Crippen molar-refractivity contribution in [3.8, 4) is 5.75 Å². The molecule has 1 saturated heterocycles. The Morgan fingerprint density at radius 1 is 1.15 bits per heavy atom. The Hall–Kier alpha value is -2.44. The normalized spacial score (nSPS) is 19.2. The summed E-state index contributed by atoms with van der Waals surface area (Å²) in [5.74, 6) is 0.865. The Labute approximate surface area is 168 Å². The summed E-state index contributed by atoms with van der Waals surface area (Å²) >= 11 is 7.53. The Kier molecular flexibility index (Phi) is 5.09. The van der Waals surface area contributed by atoms with Gasteiger partial charge < -0.3 is 15.0 Å². The zero-order valence-electron chi connectivity index (χ0n) is 15.3. The van der Waals surface area contributed by atoms with Crippen LogP contribution < -0.4 is 15.0 Å². The fourth-order valence-electron chi connectivity index (χ4n) is 3.40. The molecule has 0 unspecified atom stereocenters. The van der Waals surface area contributed by atoms with E-state index in [1.165, 1.54) is 9.75 Å². The molecule has 0 bridgehead atoms. The van der Waals surface area contributed by atoms with E-state index >= 15 is 0 Å². The number of ether oxygens (including phenoxy) is 1. The van der Waals surface area contributed by atoms with E-state index in [0.29, 0.717) is 11.7 Å². The van der Waals surface area contributed by atoms with Gasteiger partial charge in [0.25, 0.3) is 0 Å². The number of aryl methyl sites for hydroxylation is 1. The van der Waals surface area contributed by atoms with Crippen LogP contribution in [0.3, 0.4) is 0 Å². The molecule has 27 heavy (non-hydrogen) atoms. The number of hydrogen-bond acceptors (Lipinski definition) is 4. The summed E-state index contributed by atoms with van der Waals surface area (Å²) in [4.78, 5) is 9.32. The third-order valence-electron chi connectivity index (χ3n) is 4.58. The molecule has 1 N–H and O–H groups in total. The summed E-state index contributed by atoms with van der Waals surface area (Å²) in [6.45, 7) is 4.77. The Balaban J connectivity index is 1.75. The topological polar surface area (TPSA) is 37.4 Å². The summed E-state index contributed by atoms with van der Waals surface area (Å²) < 4.78 is 5.58. The Bertz CT molecular complexity index is 924. The van der Waals surface area contributed by atoms with Crippen molar-refractivity contribution in [3.05, 3.63) is 76.2 Å². The van der Waals surface area contributed by atoms with Crippen molar-refractivity contribution in [2.75, 3.05) is 11.5 Å². The minimum Gasteiger partial charge on any atom is -0.494 e. The van der Waals surface area contributed by atoms with E-state index < -0.39 is 0 Å². The van der Waals surface area contributed by atoms with Gasteiger partial charge in [0.1, 0.15) is 5.75 Å². The fourth-order valence-corrected chi connectivity index (χ4v) is 4.76. The predicted octanol–water partition coefficient (Wildman–Crippen LogP) is 5.03. The first-order chi connectivity index (χ1) is 13.2. The zero-order valence-corrected chi connectivity index (χ0v) is 16.9. The molecular weight excluding hydrogens is 374 g/mol. The molecule has 3 aromatic rings. The highest BCUT2D eigenvalue weighted by molar-refractivity contribution is 7.80. The van der Waals surface area contributed by atoms with E-state index in [0.717, 1.165) is 17.1 Å². The van der Waals surface area contributed by atoms with Gasteiger partial charge >= 0.3 is 0 Å². The lowest BCUT2D eigenvalue weighted by atomic mass is 10.0. The smallest absolute Gasteiger partial charge is 0.174 e. The lowest BCUT2D eigenvalue weighted by Crippen LogP contribution is -2.29. The number of hydrogen-bond donors (Lipinski definition) is 1. The van der Waals surface area contributed by atoms with Crippen LogP contribution in [0, 0.1) is 6.92 Å². The van der Waals surface area contributed by atoms with E-state index in [1.807, 2.05) is 37.4 Å². The molecule has 138 valence electrons. The second-order valence-electron chi connectivity index (χ2n) is 6.37. The SMILES string of the molecule is CCOc1ccc(N2C(=S)N[C@@H](c3ccccn3)[C@@H]2c2ccc(C)s2)cc1. The minimum atomic E-state index is 0.00307. The molecule has 3 heterocycles. The highest BCUT2D eigenvalue weighted by Gasteiger charge is 2.41. The average molecular weight is 396 g/mol. The molecule has 1 aromatic carbocycles. The van der Waals surface area contributed by atoms with Crippen LogP contribution in [-0.4, -0.2) is 16.7 Å². The van der Waals surface area contributed by atoms with Gasteiger partial charge in [0.2, 0.25) is 0 Å². The van der Waals surface area contributed by atoms with Gasteiger partial charge in [-0.2, -0.15) is 0 Å². The van der Waals surface area contributed by atoms with Crippen molar-refractivity contribution in [3.63, 3.8) is 0 Å². The number of benzene rings is 1. The van der Waals surface area contributed by atoms with E-state index in [2.05, 4.69) is 52.5 Å². The first-order valence-corrected chi connectivity index (χ1v) is 10.2. The summed E-state index contributed by atoms with van der Waals surface area (Å²) in [7, 11) is 0. The highest BCUT2D eigenvalue weighted by Crippen LogP contribution is 2.43. The molecule has 2 aromatic heterocycles. The Morgan fingerprint density at radius 2 is 1.96 bits per heavy atom. The standard InChI is InChI=1S/C21H21N3OS2/c1-3-25-16-10-8-15(9-11-16)24-20(18-12-7-14(2)27-18)19(23-21(24)26)17-6-4-5-13-22-17/h4-13,19-20H,3H2,1-2H3,(H,23,26)/t19-,20-/m0/s1. The lowest BCUT2D eigenvalue weighted by molar-refractivity contribution is 0.340. The maximum atomic E-state index is 5.73. The summed E-state index contributed by atoms with van der Waals surface area (Å²) in [6, 6.07) is 18.5. The van der Waals surface area contributed by atoms with Crippen molar-refractivity contribution in [1.29, 1.82) is 0 Å². The second kappa shape index (κ2) is 7.66. The molecule has 2 atom stereocenters. The predicted molar refractivity (Wildman–Crippen MR) is 115 cm³/mol. The van der Waals surface area contributed by atoms with E-state index in [4.69, 9.17) is 17.0 Å². The van der Waals surface area contributed by atoms with Gasteiger partial charge in [-0.05, 0) is 74.6 Å². The quantitative estimate of drug-likeness (QED) is 0.614. The number of rotatable bonds is 5. The molecule has 1 fully saturated rings. The second-order valence-corrected chi connectivity index (χ2v) is 8.08. The summed E-state index contributed by atoms with van der Waals surface area (Å²) in [5, 5.41) is 4.20. The van der Waals surface area contributed by atoms with Crippen LogP contribution in [0.25, 0.3) is 0 Å². The largest absolute Gasteiger partial charge is 0.494 e. The van der Waals surface area contributed by atoms with Crippen molar-refractivity contribution in [1.82, 2.24) is 10.3 Å². The van der Waals surface area contributed by atoms with Crippen molar-refractivity contribution in [2.45, 2.75) is 25.9 Å². The van der Waals surface area contributed by atoms with E-state index in [9.17, 15) is 0 Å². The van der Waals surface area contributed by atoms with Crippen LogP contribution in [0.15, 0.2) is 60.8 Å². The van der Waals surface area contributed by atoms with Crippen LogP contribution in [0.5, 0.6) is 5.75 Å². The molecule has 0 amide bonds. The number of nitrogens with one attached hydrogen (secondary N) is 1. The molecule has 6 heteroatoms. The number of thiophene rings is 1. The number of thiocarbonyl (C=S) groups is 1. The van der Waals surface area contributed by atoms with E-state index in [1.54, 1.807) is 11.3 Å². The van der Waals surface area contributed by atoms with Crippen LogP contribution in [-0.2, 0) is 0 Å². The zero-order chi connectivity index (χ0) is 18.8. The number of anilines is 1. The molecule has 0 spiro atoms. The molecule has 4 nitrogen and oxygen atoms in total. The molecular formula is C21H21N3OS2. The van der Waals surface area contributed by atoms with Gasteiger partial charge in [0.15, 0.2) is 5.11 Å². The van der Waals surface area contributed by atoms with Gasteiger partial charge in [0.05, 0.1) is 24.4 Å². The average Bonchev–Trinajstić information content (AvgIpc) is 3.26. The van der Waals surface area contributed by atoms with Crippen molar-refractivity contribution in [2.24, 2.45) is 0 Å². The van der Waals surface area contributed by atoms with Crippen LogP contribution in [0.4, 0.5) is 5.69 Å². The van der Waals surface area contributed by atoms with Gasteiger partial charge in [-0.1, -0.05) is 6.07 Å². The molecule has 0 radical (unpaired) electrons. The minimum absolute atomic E-state index is 0.00307. The molecule has 1 aliphatic heterocycles. The maximum Gasteiger partial charge on any atom is 0.174 e. The Morgan fingerprint density at radius 3 is 2.59 bits per heavy atom. The monoisotopic (exact) mass is 395 g/mol. The third kappa shape index (κ3) is 3.55. The number of pyridine rings is 1. The van der Waals surface area contributed by atoms with Crippen LogP contribution >= 0.6 is 23.6 Å². The summed E-state index contributed by atoms with van der Waals surface area (Å²) in [5.41, 5.74) is 2.04. The first-order valence-electron chi connectivity index (χ1n) is 8.97. The third-order valence-corrected chi connectivity index (χ3v) is 5.96. The number of nitrogens with zero attached hydrogens (tertiary/aromatic N) is 2. The fraction of sp³-hybridized carbons (Fsp3) is 0.238. The first kappa shape index (κ1) is 17.9. The van der Waals surface area contributed by atoms with Crippen molar-refractivity contribution < 1.29 is 4.74 Å². The van der Waals surface area contributed by atoms with Gasteiger partial charge in [-0.25, -0.2) is 0 Å². The summed E-state index contributed by atoms with van der Waals surface area (Å²) in [6.07, 6.45) is 1.83. The van der Waals surface area contributed by atoms with E-state index in [-0.39, 0.29) is 12.1 Å². The number of aromatic nitrogens is 1. The van der Waals surface area contributed by atoms with Crippen LogP contribution in [0.2, 0.25) is 0 Å².